The number of nitrogens with zero attached hydrogens (tertiary/aromatic N) is 8. The predicted molar refractivity (Wildman–Crippen MR) is 432 cm³/mol. The molecule has 0 aliphatic carbocycles. The number of thiophene rings is 2. The van der Waals surface area contributed by atoms with Crippen molar-refractivity contribution in [3.05, 3.63) is 320 Å². The Labute approximate surface area is 615 Å². The summed E-state index contributed by atoms with van der Waals surface area (Å²) in [4.78, 5) is 40.2. The second-order valence-electron chi connectivity index (χ2n) is 26.5. The van der Waals surface area contributed by atoms with Crippen LogP contribution in [0.3, 0.4) is 0 Å². The van der Waals surface area contributed by atoms with E-state index in [1.54, 1.807) is 22.7 Å². The highest BCUT2D eigenvalue weighted by atomic mass is 35.5. The zero-order chi connectivity index (χ0) is 70.3. The minimum atomic E-state index is -0.534. The molecular weight excluding hydrogens is 1340 g/mol. The van der Waals surface area contributed by atoms with Crippen molar-refractivity contribution >= 4 is 109 Å². The van der Waals surface area contributed by atoms with Gasteiger partial charge in [0.05, 0.1) is 47.7 Å². The molecule has 0 bridgehead atoms. The van der Waals surface area contributed by atoms with Gasteiger partial charge in [0.25, 0.3) is 0 Å². The van der Waals surface area contributed by atoms with Gasteiger partial charge in [0.15, 0.2) is 34.9 Å². The van der Waals surface area contributed by atoms with Gasteiger partial charge in [0, 0.05) is 69.9 Å². The van der Waals surface area contributed by atoms with Gasteiger partial charge >= 0.3 is 7.12 Å². The van der Waals surface area contributed by atoms with Crippen molar-refractivity contribution in [1.29, 1.82) is 0 Å². The summed E-state index contributed by atoms with van der Waals surface area (Å²) in [6, 6.07) is 107. The van der Waals surface area contributed by atoms with Crippen molar-refractivity contribution in [3.63, 3.8) is 0 Å². The van der Waals surface area contributed by atoms with Crippen LogP contribution in [0.25, 0.3) is 164 Å². The van der Waals surface area contributed by atoms with Gasteiger partial charge in [-0.05, 0) is 97.4 Å². The lowest BCUT2D eigenvalue weighted by Gasteiger charge is -2.32. The molecule has 10 nitrogen and oxygen atoms in total. The molecule has 498 valence electrons. The van der Waals surface area contributed by atoms with Crippen LogP contribution in [0, 0.1) is 0 Å². The summed E-state index contributed by atoms with van der Waals surface area (Å²) in [6.45, 7) is 8.24. The molecule has 1 fully saturated rings. The summed E-state index contributed by atoms with van der Waals surface area (Å²) in [5.74, 6) is 3.70. The van der Waals surface area contributed by atoms with Gasteiger partial charge in [0.2, 0.25) is 0 Å². The maximum atomic E-state index is 6.52. The summed E-state index contributed by atoms with van der Waals surface area (Å²) >= 11 is 10.0. The maximum Gasteiger partial charge on any atom is 0.495 e. The van der Waals surface area contributed by atoms with Crippen molar-refractivity contribution in [2.75, 3.05) is 0 Å². The molecule has 14 heteroatoms. The SMILES string of the molecule is CC1(C)OB(c2ccccc2-c2nc(-c3ccccc3)nc(-c3cccc(-c4ccccc4)c3)n2)OC1(C)C.Clc1c2ccccc2nc2c1sc1ccccc12.c1ccc(-c2cccc(-c3nc(-c4ccccc4)nc(-c4ccccc4-c4c5ccccc5nc5c4sc4ccccc45)n3)c2)cc1. The fourth-order valence-corrected chi connectivity index (χ4v) is 16.0. The highest BCUT2D eigenvalue weighted by molar-refractivity contribution is 7.26. The maximum absolute atomic E-state index is 6.52. The molecule has 0 spiro atoms. The van der Waals surface area contributed by atoms with Crippen molar-refractivity contribution < 1.29 is 9.31 Å². The number of halogens is 1. The third kappa shape index (κ3) is 12.8. The molecule has 0 N–H and O–H groups in total. The molecule has 1 aliphatic heterocycles. The fourth-order valence-electron chi connectivity index (χ4n) is 13.3. The average molecular weight is 1400 g/mol. The lowest BCUT2D eigenvalue weighted by Crippen LogP contribution is -2.41. The van der Waals surface area contributed by atoms with Crippen LogP contribution in [-0.4, -0.2) is 58.2 Å². The van der Waals surface area contributed by atoms with E-state index >= 15 is 0 Å². The Morgan fingerprint density at radius 2 is 0.635 bits per heavy atom. The molecule has 19 rings (SSSR count). The van der Waals surface area contributed by atoms with Crippen molar-refractivity contribution in [3.8, 4) is 102 Å². The quantitative estimate of drug-likeness (QED) is 0.122. The molecular formula is C90H64BClN8O2S2. The van der Waals surface area contributed by atoms with E-state index in [1.807, 2.05) is 158 Å². The number of hydrogen-bond acceptors (Lipinski definition) is 12. The average Bonchev–Trinajstić information content (AvgIpc) is 1.37. The van der Waals surface area contributed by atoms with Crippen LogP contribution in [-0.2, 0) is 9.31 Å². The van der Waals surface area contributed by atoms with Crippen LogP contribution >= 0.6 is 34.3 Å². The molecule has 104 heavy (non-hydrogen) atoms. The number of aromatic nitrogens is 8. The van der Waals surface area contributed by atoms with Gasteiger partial charge in [-0.3, -0.25) is 0 Å². The van der Waals surface area contributed by atoms with E-state index in [9.17, 15) is 0 Å². The van der Waals surface area contributed by atoms with E-state index in [1.165, 1.54) is 20.2 Å². The van der Waals surface area contributed by atoms with Crippen LogP contribution in [0.5, 0.6) is 0 Å². The number of pyridine rings is 2. The first kappa shape index (κ1) is 65.5. The molecule has 0 unspecified atom stereocenters. The Morgan fingerprint density at radius 1 is 0.288 bits per heavy atom. The first-order valence-corrected chi connectivity index (χ1v) is 36.5. The second kappa shape index (κ2) is 27.9. The molecule has 18 aromatic rings. The minimum Gasteiger partial charge on any atom is -0.399 e. The highest BCUT2D eigenvalue weighted by Gasteiger charge is 2.52. The van der Waals surface area contributed by atoms with Crippen molar-refractivity contribution in [2.24, 2.45) is 0 Å². The molecule has 0 atom stereocenters. The number of benzene rings is 12. The standard InChI is InChI=1S/C42H26N4S.C33H30BN3O2.C15H8ClNS/c1-3-14-27(15-4-1)29-18-13-19-30(26-29)41-44-40(28-16-5-2-6-17-28)45-42(46-41)32-21-8-7-20-31(32)37-33-22-9-11-24-35(33)43-38-34-23-10-12-25-36(34)47-39(37)38;1-32(2)33(3,4)39-34(38-32)28-21-12-11-20-27(28)31-36-29(24-16-9-6-10-17-24)35-30(37-31)26-19-13-18-25(22-26)23-14-7-5-8-15-23;16-13-9-5-1-3-7-11(9)17-14-10-6-2-4-8-12(10)18-15(13)14/h1-26H;5-22H,1-4H3;1-8H. The smallest absolute Gasteiger partial charge is 0.399 e. The van der Waals surface area contributed by atoms with Gasteiger partial charge < -0.3 is 9.31 Å². The third-order valence-corrected chi connectivity index (χ3v) is 22.1. The van der Waals surface area contributed by atoms with Gasteiger partial charge in [-0.15, -0.1) is 22.7 Å². The Hall–Kier alpha value is -11.8. The van der Waals surface area contributed by atoms with Gasteiger partial charge in [-0.25, -0.2) is 39.9 Å². The highest BCUT2D eigenvalue weighted by Crippen LogP contribution is 2.46. The number of fused-ring (bicyclic) bond motifs is 8. The lowest BCUT2D eigenvalue weighted by atomic mass is 9.75. The molecule has 1 saturated heterocycles. The molecule has 0 radical (unpaired) electrons. The summed E-state index contributed by atoms with van der Waals surface area (Å²) in [5, 5.41) is 5.30. The van der Waals surface area contributed by atoms with E-state index in [0.717, 1.165) is 119 Å². The van der Waals surface area contributed by atoms with Crippen LogP contribution in [0.15, 0.2) is 315 Å². The van der Waals surface area contributed by atoms with E-state index in [4.69, 9.17) is 60.8 Å². The number of rotatable bonds is 10. The first-order valence-electron chi connectivity index (χ1n) is 34.5. The largest absolute Gasteiger partial charge is 0.495 e. The van der Waals surface area contributed by atoms with E-state index in [2.05, 4.69) is 185 Å². The summed E-state index contributed by atoms with van der Waals surface area (Å²) in [7, 11) is -0.534. The Balaban J connectivity index is 0.000000126. The monoisotopic (exact) mass is 1400 g/mol. The van der Waals surface area contributed by atoms with Gasteiger partial charge in [0.1, 0.15) is 0 Å². The topological polar surface area (TPSA) is 122 Å². The molecule has 1 aliphatic rings. The minimum absolute atomic E-state index is 0.456. The van der Waals surface area contributed by atoms with E-state index < -0.39 is 18.3 Å². The van der Waals surface area contributed by atoms with E-state index in [-0.39, 0.29) is 0 Å². The Morgan fingerprint density at radius 3 is 1.15 bits per heavy atom. The number of para-hydroxylation sites is 2. The van der Waals surface area contributed by atoms with Gasteiger partial charge in [-0.2, -0.15) is 0 Å². The molecule has 0 amide bonds. The van der Waals surface area contributed by atoms with Gasteiger partial charge in [-0.1, -0.05) is 291 Å². The summed E-state index contributed by atoms with van der Waals surface area (Å²) in [5.41, 5.74) is 16.2. The van der Waals surface area contributed by atoms with Crippen LogP contribution in [0.4, 0.5) is 0 Å². The zero-order valence-corrected chi connectivity index (χ0v) is 59.6. The van der Waals surface area contributed by atoms with Crippen molar-refractivity contribution in [2.45, 2.75) is 38.9 Å². The zero-order valence-electron chi connectivity index (χ0n) is 57.2. The van der Waals surface area contributed by atoms with E-state index in [0.29, 0.717) is 34.9 Å². The Kier molecular flexibility index (Phi) is 17.5. The molecule has 6 aromatic heterocycles. The lowest BCUT2D eigenvalue weighted by molar-refractivity contribution is 0.00578. The summed E-state index contributed by atoms with van der Waals surface area (Å²) in [6.07, 6.45) is 0. The van der Waals surface area contributed by atoms with Crippen molar-refractivity contribution in [1.82, 2.24) is 39.9 Å². The predicted octanol–water partition coefficient (Wildman–Crippen LogP) is 23.2. The fraction of sp³-hybridized carbons (Fsp3) is 0.0667. The van der Waals surface area contributed by atoms with Crippen LogP contribution < -0.4 is 5.46 Å². The Bertz CT molecular complexity index is 6220. The third-order valence-electron chi connectivity index (χ3n) is 19.3. The number of hydrogen-bond donors (Lipinski definition) is 0. The second-order valence-corrected chi connectivity index (χ2v) is 28.9. The molecule has 12 aromatic carbocycles. The molecule has 7 heterocycles. The normalized spacial score (nSPS) is 13.1. The summed E-state index contributed by atoms with van der Waals surface area (Å²) < 4.78 is 17.5. The van der Waals surface area contributed by atoms with Crippen LogP contribution in [0.2, 0.25) is 5.02 Å². The first-order chi connectivity index (χ1) is 50.9. The van der Waals surface area contributed by atoms with Crippen LogP contribution in [0.1, 0.15) is 27.7 Å². The molecule has 0 saturated carbocycles.